The zero-order valence-electron chi connectivity index (χ0n) is 19.0. The number of thiazole rings is 1. The van der Waals surface area contributed by atoms with Crippen LogP contribution in [0.2, 0.25) is 0 Å². The third-order valence-electron chi connectivity index (χ3n) is 6.39. The van der Waals surface area contributed by atoms with Crippen LogP contribution in [0.5, 0.6) is 0 Å². The average Bonchev–Trinajstić information content (AvgIpc) is 3.41. The second-order valence-corrected chi connectivity index (χ2v) is 9.65. The highest BCUT2D eigenvalue weighted by molar-refractivity contribution is 7.17. The Balaban J connectivity index is 1.57. The molecule has 5 rings (SSSR count). The fourth-order valence-electron chi connectivity index (χ4n) is 4.84. The molecule has 0 amide bonds. The Labute approximate surface area is 201 Å². The predicted molar refractivity (Wildman–Crippen MR) is 134 cm³/mol. The summed E-state index contributed by atoms with van der Waals surface area (Å²) in [4.78, 5) is 28.1. The van der Waals surface area contributed by atoms with Crippen molar-refractivity contribution in [1.82, 2.24) is 4.98 Å². The summed E-state index contributed by atoms with van der Waals surface area (Å²) >= 11 is 1.39. The van der Waals surface area contributed by atoms with Gasteiger partial charge in [-0.25, -0.2) is 9.99 Å². The Morgan fingerprint density at radius 2 is 1.91 bits per heavy atom. The van der Waals surface area contributed by atoms with Crippen LogP contribution in [-0.2, 0) is 0 Å². The predicted octanol–water partition coefficient (Wildman–Crippen LogP) is 6.36. The maximum atomic E-state index is 12.1. The zero-order valence-corrected chi connectivity index (χ0v) is 19.8. The van der Waals surface area contributed by atoms with E-state index in [0.29, 0.717) is 4.88 Å². The Hall–Kier alpha value is -3.65. The lowest BCUT2D eigenvalue weighted by atomic mass is 9.77. The number of Topliss-reactive ketones (excluding diaryl/α,β-unsaturated/α-hetero) is 1. The normalized spacial score (nSPS) is 20.8. The number of nitrogens with zero attached hydrogens (tertiary/aromatic N) is 4. The molecule has 2 aliphatic rings. The number of nitro groups is 1. The van der Waals surface area contributed by atoms with E-state index in [0.717, 1.165) is 46.9 Å². The highest BCUT2D eigenvalue weighted by Crippen LogP contribution is 2.47. The summed E-state index contributed by atoms with van der Waals surface area (Å²) in [6.07, 6.45) is 5.04. The van der Waals surface area contributed by atoms with E-state index < -0.39 is 0 Å². The van der Waals surface area contributed by atoms with Gasteiger partial charge < -0.3 is 0 Å². The number of hydrazone groups is 1. The van der Waals surface area contributed by atoms with E-state index in [2.05, 4.69) is 18.2 Å². The first-order chi connectivity index (χ1) is 16.4. The number of carbonyl (C=O) groups excluding carboxylic acids is 1. The highest BCUT2D eigenvalue weighted by atomic mass is 32.1. The van der Waals surface area contributed by atoms with Gasteiger partial charge in [0.15, 0.2) is 5.78 Å². The van der Waals surface area contributed by atoms with E-state index >= 15 is 0 Å². The quantitative estimate of drug-likeness (QED) is 0.245. The molecular formula is C26H24N4O3S. The first kappa shape index (κ1) is 22.2. The smallest absolute Gasteiger partial charge is 0.269 e. The molecule has 2 atom stereocenters. The largest absolute Gasteiger partial charge is 0.294 e. The number of aryl methyl sites for hydroxylation is 1. The number of non-ortho nitro benzene ring substituents is 1. The second kappa shape index (κ2) is 8.95. The average molecular weight is 473 g/mol. The number of carbonyl (C=O) groups is 1. The van der Waals surface area contributed by atoms with Gasteiger partial charge in [0.05, 0.1) is 27.2 Å². The first-order valence-corrected chi connectivity index (χ1v) is 12.1. The lowest BCUT2D eigenvalue weighted by Crippen LogP contribution is -2.28. The Bertz CT molecular complexity index is 1310. The number of anilines is 1. The van der Waals surface area contributed by atoms with Gasteiger partial charge in [0.25, 0.3) is 5.69 Å². The molecule has 1 aliphatic carbocycles. The van der Waals surface area contributed by atoms with Crippen LogP contribution in [0.4, 0.5) is 10.8 Å². The number of ketones is 1. The molecule has 3 aromatic rings. The van der Waals surface area contributed by atoms with Gasteiger partial charge in [-0.3, -0.25) is 14.9 Å². The van der Waals surface area contributed by atoms with Gasteiger partial charge in [0, 0.05) is 25.0 Å². The summed E-state index contributed by atoms with van der Waals surface area (Å²) in [6.45, 7) is 3.43. The van der Waals surface area contributed by atoms with Crippen LogP contribution >= 0.6 is 11.3 Å². The molecule has 1 fully saturated rings. The van der Waals surface area contributed by atoms with Crippen LogP contribution in [-0.4, -0.2) is 21.4 Å². The van der Waals surface area contributed by atoms with E-state index in [-0.39, 0.29) is 28.4 Å². The molecule has 2 heterocycles. The fourth-order valence-corrected chi connectivity index (χ4v) is 5.79. The van der Waals surface area contributed by atoms with Gasteiger partial charge in [0.1, 0.15) is 0 Å². The van der Waals surface area contributed by atoms with Crippen molar-refractivity contribution in [1.29, 1.82) is 0 Å². The molecular weight excluding hydrogens is 448 g/mol. The molecule has 1 aliphatic heterocycles. The maximum absolute atomic E-state index is 12.1. The topological polar surface area (TPSA) is 88.7 Å². The van der Waals surface area contributed by atoms with Crippen molar-refractivity contribution >= 4 is 39.7 Å². The summed E-state index contributed by atoms with van der Waals surface area (Å²) in [5, 5.41) is 18.8. The lowest BCUT2D eigenvalue weighted by molar-refractivity contribution is -0.384. The van der Waals surface area contributed by atoms with Crippen molar-refractivity contribution < 1.29 is 9.72 Å². The Morgan fingerprint density at radius 1 is 1.18 bits per heavy atom. The van der Waals surface area contributed by atoms with Crippen molar-refractivity contribution in [3.05, 3.63) is 92.0 Å². The number of rotatable bonds is 5. The molecule has 1 saturated carbocycles. The number of nitro benzene ring substituents is 1. The molecule has 1 aromatic heterocycles. The first-order valence-electron chi connectivity index (χ1n) is 11.3. The van der Waals surface area contributed by atoms with Gasteiger partial charge in [-0.1, -0.05) is 41.7 Å². The van der Waals surface area contributed by atoms with E-state index in [1.165, 1.54) is 29.0 Å². The molecule has 34 heavy (non-hydrogen) atoms. The molecule has 0 spiro atoms. The third kappa shape index (κ3) is 4.05. The molecule has 7 nitrogen and oxygen atoms in total. The van der Waals surface area contributed by atoms with Crippen molar-refractivity contribution in [2.24, 2.45) is 11.0 Å². The number of fused-ring (bicyclic) bond motifs is 1. The highest BCUT2D eigenvalue weighted by Gasteiger charge is 2.43. The fraction of sp³-hybridized carbons (Fsp3) is 0.269. The van der Waals surface area contributed by atoms with Gasteiger partial charge in [0.2, 0.25) is 5.13 Å². The van der Waals surface area contributed by atoms with E-state index in [1.54, 1.807) is 19.1 Å². The molecule has 0 saturated heterocycles. The van der Waals surface area contributed by atoms with Crippen molar-refractivity contribution in [2.75, 3.05) is 5.01 Å². The number of allylic oxidation sites excluding steroid dienone is 1. The summed E-state index contributed by atoms with van der Waals surface area (Å²) < 4.78 is 0. The Morgan fingerprint density at radius 3 is 2.56 bits per heavy atom. The number of benzene rings is 2. The van der Waals surface area contributed by atoms with Crippen LogP contribution in [0.1, 0.15) is 58.7 Å². The molecule has 172 valence electrons. The lowest BCUT2D eigenvalue weighted by Gasteiger charge is -2.29. The summed E-state index contributed by atoms with van der Waals surface area (Å²) in [5.74, 6) is 0.214. The Kier molecular flexibility index (Phi) is 5.83. The van der Waals surface area contributed by atoms with Gasteiger partial charge >= 0.3 is 0 Å². The zero-order chi connectivity index (χ0) is 23.8. The molecule has 2 unspecified atom stereocenters. The van der Waals surface area contributed by atoms with Crippen LogP contribution in [0.25, 0.3) is 6.08 Å². The van der Waals surface area contributed by atoms with Crippen LogP contribution in [0, 0.1) is 23.0 Å². The summed E-state index contributed by atoms with van der Waals surface area (Å²) in [7, 11) is 0. The van der Waals surface area contributed by atoms with Crippen LogP contribution in [0.3, 0.4) is 0 Å². The van der Waals surface area contributed by atoms with Gasteiger partial charge in [-0.2, -0.15) is 5.10 Å². The minimum absolute atomic E-state index is 0.00196. The molecule has 8 heteroatoms. The molecule has 0 bridgehead atoms. The molecule has 0 N–H and O–H groups in total. The number of aromatic nitrogens is 1. The summed E-state index contributed by atoms with van der Waals surface area (Å²) in [5.41, 5.74) is 5.08. The molecule has 2 aromatic carbocycles. The standard InChI is InChI=1S/C26H24N4O3S/c1-16-25(17(2)31)34-26(27-16)29-24(19-7-4-3-5-8-19)22-10-6-9-20(23(22)28-29)15-18-11-13-21(14-12-18)30(32)33/h3-5,7-8,11-15,22,24H,6,9-10H2,1-2H3. The van der Waals surface area contributed by atoms with Gasteiger partial charge in [-0.15, -0.1) is 0 Å². The van der Waals surface area contributed by atoms with Crippen LogP contribution in [0.15, 0.2) is 65.3 Å². The maximum Gasteiger partial charge on any atom is 0.269 e. The van der Waals surface area contributed by atoms with Crippen molar-refractivity contribution in [3.8, 4) is 0 Å². The second-order valence-electron chi connectivity index (χ2n) is 8.67. The molecule has 0 radical (unpaired) electrons. The van der Waals surface area contributed by atoms with Gasteiger partial charge in [-0.05, 0) is 61.1 Å². The number of hydrogen-bond acceptors (Lipinski definition) is 7. The van der Waals surface area contributed by atoms with Crippen molar-refractivity contribution in [2.45, 2.75) is 39.2 Å². The van der Waals surface area contributed by atoms with E-state index in [4.69, 9.17) is 10.1 Å². The minimum Gasteiger partial charge on any atom is -0.294 e. The summed E-state index contributed by atoms with van der Waals surface area (Å²) in [6, 6.07) is 16.9. The van der Waals surface area contributed by atoms with E-state index in [1.807, 2.05) is 30.1 Å². The SMILES string of the molecule is CC(=O)c1sc(N2N=C3C(=Cc4ccc([N+](=O)[O-])cc4)CCCC3C2c2ccccc2)nc1C. The van der Waals surface area contributed by atoms with Crippen molar-refractivity contribution in [3.63, 3.8) is 0 Å². The number of hydrogen-bond donors (Lipinski definition) is 0. The third-order valence-corrected chi connectivity index (χ3v) is 7.64. The monoisotopic (exact) mass is 472 g/mol. The van der Waals surface area contributed by atoms with Crippen LogP contribution < -0.4 is 5.01 Å². The van der Waals surface area contributed by atoms with E-state index in [9.17, 15) is 14.9 Å². The minimum atomic E-state index is -0.387.